The van der Waals surface area contributed by atoms with Crippen LogP contribution >= 0.6 is 0 Å². The zero-order valence-corrected chi connectivity index (χ0v) is 14.6. The van der Waals surface area contributed by atoms with Crippen LogP contribution in [0.25, 0.3) is 0 Å². The predicted octanol–water partition coefficient (Wildman–Crippen LogP) is 2.86. The third-order valence-corrected chi connectivity index (χ3v) is 5.23. The Bertz CT molecular complexity index is 741. The third kappa shape index (κ3) is 3.18. The second kappa shape index (κ2) is 6.59. The van der Waals surface area contributed by atoms with Crippen molar-refractivity contribution in [2.75, 3.05) is 13.7 Å². The highest BCUT2D eigenvalue weighted by Gasteiger charge is 2.45. The van der Waals surface area contributed by atoms with Crippen molar-refractivity contribution >= 4 is 5.91 Å². The van der Waals surface area contributed by atoms with E-state index >= 15 is 0 Å². The highest BCUT2D eigenvalue weighted by Crippen LogP contribution is 2.45. The largest absolute Gasteiger partial charge is 0.380 e. The van der Waals surface area contributed by atoms with Crippen LogP contribution in [0.5, 0.6) is 0 Å². The van der Waals surface area contributed by atoms with E-state index in [2.05, 4.69) is 22.3 Å². The fourth-order valence-corrected chi connectivity index (χ4v) is 3.78. The standard InChI is InChI=1S/C19H23N3O3/c1-12-20-18(25-21-12)16-10-15(24-2)11-22(16)19(23)17(14-8-9-14)13-6-4-3-5-7-13/h3-7,14-17H,8-11H2,1-2H3/t15-,16-,17+/m1/s1. The lowest BCUT2D eigenvalue weighted by Gasteiger charge is -2.27. The van der Waals surface area contributed by atoms with Gasteiger partial charge in [-0.1, -0.05) is 35.5 Å². The third-order valence-electron chi connectivity index (χ3n) is 5.23. The first-order valence-electron chi connectivity index (χ1n) is 8.85. The number of hydrogen-bond acceptors (Lipinski definition) is 5. The summed E-state index contributed by atoms with van der Waals surface area (Å²) in [6.45, 7) is 2.36. The Hall–Kier alpha value is -2.21. The van der Waals surface area contributed by atoms with Gasteiger partial charge in [-0.15, -0.1) is 0 Å². The highest BCUT2D eigenvalue weighted by molar-refractivity contribution is 5.85. The molecule has 4 rings (SSSR count). The molecule has 2 aromatic rings. The summed E-state index contributed by atoms with van der Waals surface area (Å²) in [6, 6.07) is 9.88. The SMILES string of the molecule is CO[C@@H]1C[C@H](c2nc(C)no2)N(C(=O)[C@@H](c2ccccc2)C2CC2)C1. The molecule has 1 aliphatic heterocycles. The molecule has 1 aromatic heterocycles. The molecule has 1 aliphatic carbocycles. The number of aryl methyl sites for hydroxylation is 1. The molecule has 6 heteroatoms. The summed E-state index contributed by atoms with van der Waals surface area (Å²) in [5.41, 5.74) is 1.09. The molecular formula is C19H23N3O3. The van der Waals surface area contributed by atoms with Crippen LogP contribution in [0.2, 0.25) is 0 Å². The minimum absolute atomic E-state index is 0.00298. The molecule has 0 radical (unpaired) electrons. The molecule has 1 aromatic carbocycles. The minimum atomic E-state index is -0.205. The zero-order valence-electron chi connectivity index (χ0n) is 14.6. The monoisotopic (exact) mass is 341 g/mol. The van der Waals surface area contributed by atoms with Gasteiger partial charge in [0.2, 0.25) is 11.8 Å². The summed E-state index contributed by atoms with van der Waals surface area (Å²) in [5.74, 6) is 1.58. The number of carbonyl (C=O) groups is 1. The topological polar surface area (TPSA) is 68.5 Å². The summed E-state index contributed by atoms with van der Waals surface area (Å²) in [5, 5.41) is 3.89. The molecule has 2 aliphatic rings. The molecule has 0 spiro atoms. The summed E-state index contributed by atoms with van der Waals surface area (Å²) in [6.07, 6.45) is 2.90. The number of ether oxygens (including phenoxy) is 1. The van der Waals surface area contributed by atoms with Gasteiger partial charge in [-0.3, -0.25) is 4.79 Å². The molecule has 132 valence electrons. The molecule has 2 fully saturated rings. The van der Waals surface area contributed by atoms with Crippen molar-refractivity contribution in [1.82, 2.24) is 15.0 Å². The predicted molar refractivity (Wildman–Crippen MR) is 90.8 cm³/mol. The van der Waals surface area contributed by atoms with Gasteiger partial charge in [0.25, 0.3) is 0 Å². The highest BCUT2D eigenvalue weighted by atomic mass is 16.5. The molecule has 2 heterocycles. The fourth-order valence-electron chi connectivity index (χ4n) is 3.78. The maximum Gasteiger partial charge on any atom is 0.249 e. The number of nitrogens with zero attached hydrogens (tertiary/aromatic N) is 3. The van der Waals surface area contributed by atoms with Crippen LogP contribution in [0.1, 0.15) is 48.5 Å². The van der Waals surface area contributed by atoms with Gasteiger partial charge in [0.05, 0.1) is 12.0 Å². The number of hydrogen-bond donors (Lipinski definition) is 0. The molecule has 1 saturated heterocycles. The first-order chi connectivity index (χ1) is 12.2. The second-order valence-corrected chi connectivity index (χ2v) is 7.01. The Labute approximate surface area is 147 Å². The number of carbonyl (C=O) groups excluding carboxylic acids is 1. The first kappa shape index (κ1) is 16.3. The molecule has 1 saturated carbocycles. The van der Waals surface area contributed by atoms with Crippen LogP contribution < -0.4 is 0 Å². The van der Waals surface area contributed by atoms with Gasteiger partial charge in [0, 0.05) is 20.1 Å². The lowest BCUT2D eigenvalue weighted by molar-refractivity contribution is -0.135. The average molecular weight is 341 g/mol. The van der Waals surface area contributed by atoms with Crippen LogP contribution in [-0.2, 0) is 9.53 Å². The Kier molecular flexibility index (Phi) is 4.29. The Morgan fingerprint density at radius 3 is 2.68 bits per heavy atom. The van der Waals surface area contributed by atoms with E-state index in [4.69, 9.17) is 9.26 Å². The van der Waals surface area contributed by atoms with E-state index in [0.717, 1.165) is 18.4 Å². The summed E-state index contributed by atoms with van der Waals surface area (Å²) in [4.78, 5) is 19.7. The summed E-state index contributed by atoms with van der Waals surface area (Å²) in [7, 11) is 1.68. The van der Waals surface area contributed by atoms with Gasteiger partial charge in [-0.25, -0.2) is 0 Å². The maximum atomic E-state index is 13.5. The van der Waals surface area contributed by atoms with Gasteiger partial charge in [-0.05, 0) is 31.2 Å². The number of amides is 1. The van der Waals surface area contributed by atoms with Crippen molar-refractivity contribution in [2.45, 2.75) is 44.2 Å². The number of likely N-dealkylation sites (tertiary alicyclic amines) is 1. The van der Waals surface area contributed by atoms with E-state index in [1.54, 1.807) is 14.0 Å². The van der Waals surface area contributed by atoms with E-state index in [0.29, 0.717) is 30.6 Å². The molecule has 6 nitrogen and oxygen atoms in total. The minimum Gasteiger partial charge on any atom is -0.380 e. The van der Waals surface area contributed by atoms with Gasteiger partial charge in [0.15, 0.2) is 5.82 Å². The van der Waals surface area contributed by atoms with E-state index in [-0.39, 0.29) is 24.0 Å². The van der Waals surface area contributed by atoms with Crippen LogP contribution in [0.4, 0.5) is 0 Å². The second-order valence-electron chi connectivity index (χ2n) is 7.01. The van der Waals surface area contributed by atoms with Crippen LogP contribution in [-0.4, -0.2) is 40.7 Å². The van der Waals surface area contributed by atoms with Crippen LogP contribution in [0.15, 0.2) is 34.9 Å². The van der Waals surface area contributed by atoms with E-state index in [1.807, 2.05) is 23.1 Å². The molecule has 3 atom stereocenters. The molecule has 0 N–H and O–H groups in total. The fraction of sp³-hybridized carbons (Fsp3) is 0.526. The van der Waals surface area contributed by atoms with E-state index in [1.165, 1.54) is 0 Å². The Morgan fingerprint density at radius 1 is 1.32 bits per heavy atom. The van der Waals surface area contributed by atoms with Crippen LogP contribution in [0.3, 0.4) is 0 Å². The number of rotatable bonds is 5. The molecule has 25 heavy (non-hydrogen) atoms. The van der Waals surface area contributed by atoms with Crippen LogP contribution in [0, 0.1) is 12.8 Å². The molecular weight excluding hydrogens is 318 g/mol. The molecule has 1 amide bonds. The van der Waals surface area contributed by atoms with Crippen molar-refractivity contribution in [2.24, 2.45) is 5.92 Å². The van der Waals surface area contributed by atoms with Gasteiger partial charge >= 0.3 is 0 Å². The van der Waals surface area contributed by atoms with Gasteiger partial charge in [0.1, 0.15) is 6.04 Å². The summed E-state index contributed by atoms with van der Waals surface area (Å²) < 4.78 is 10.9. The lowest BCUT2D eigenvalue weighted by atomic mass is 9.92. The Balaban J connectivity index is 1.64. The van der Waals surface area contributed by atoms with E-state index < -0.39 is 0 Å². The van der Waals surface area contributed by atoms with Crippen molar-refractivity contribution in [3.63, 3.8) is 0 Å². The van der Waals surface area contributed by atoms with Crippen molar-refractivity contribution in [3.05, 3.63) is 47.6 Å². The maximum absolute atomic E-state index is 13.5. The number of benzene rings is 1. The quantitative estimate of drug-likeness (QED) is 0.836. The zero-order chi connectivity index (χ0) is 17.4. The van der Waals surface area contributed by atoms with E-state index in [9.17, 15) is 4.79 Å². The smallest absolute Gasteiger partial charge is 0.249 e. The normalized spacial score (nSPS) is 24.5. The molecule has 0 unspecified atom stereocenters. The van der Waals surface area contributed by atoms with Crippen molar-refractivity contribution in [1.29, 1.82) is 0 Å². The lowest BCUT2D eigenvalue weighted by Crippen LogP contribution is -2.36. The van der Waals surface area contributed by atoms with Gasteiger partial charge in [-0.2, -0.15) is 4.98 Å². The van der Waals surface area contributed by atoms with Crippen molar-refractivity contribution in [3.8, 4) is 0 Å². The van der Waals surface area contributed by atoms with Crippen molar-refractivity contribution < 1.29 is 14.1 Å². The van der Waals surface area contributed by atoms with Gasteiger partial charge < -0.3 is 14.2 Å². The first-order valence-corrected chi connectivity index (χ1v) is 8.85. The summed E-state index contributed by atoms with van der Waals surface area (Å²) >= 11 is 0. The number of aromatic nitrogens is 2. The number of methoxy groups -OCH3 is 1. The average Bonchev–Trinajstić information content (AvgIpc) is 3.20. The Morgan fingerprint density at radius 2 is 2.08 bits per heavy atom. The molecule has 0 bridgehead atoms.